The molecule has 0 unspecified atom stereocenters. The molecular formula is C14H23N3O4S. The third kappa shape index (κ3) is 3.89. The number of β-amino-alcohol motifs (C(OH)–C–C–N with tert-alkyl or cyclic N) is 1. The van der Waals surface area contributed by atoms with Crippen LogP contribution in [0.25, 0.3) is 0 Å². The first-order valence-electron chi connectivity index (χ1n) is 7.35. The van der Waals surface area contributed by atoms with Crippen LogP contribution in [0.15, 0.2) is 23.1 Å². The van der Waals surface area contributed by atoms with Crippen molar-refractivity contribution in [3.05, 3.63) is 18.2 Å². The number of rotatable bonds is 6. The van der Waals surface area contributed by atoms with Crippen molar-refractivity contribution in [2.24, 2.45) is 0 Å². The van der Waals surface area contributed by atoms with E-state index in [9.17, 15) is 8.42 Å². The van der Waals surface area contributed by atoms with Crippen LogP contribution < -0.4 is 10.6 Å². The number of piperazine rings is 1. The average Bonchev–Trinajstić information content (AvgIpc) is 2.48. The number of nitrogens with zero attached hydrogens (tertiary/aromatic N) is 2. The highest BCUT2D eigenvalue weighted by Crippen LogP contribution is 2.29. The Hall–Kier alpha value is -1.35. The summed E-state index contributed by atoms with van der Waals surface area (Å²) in [6, 6.07) is 4.74. The van der Waals surface area contributed by atoms with Crippen LogP contribution in [0, 0.1) is 0 Å². The molecule has 1 heterocycles. The Balaban J connectivity index is 2.25. The molecule has 0 bridgehead atoms. The van der Waals surface area contributed by atoms with Crippen LogP contribution in [0.4, 0.5) is 11.4 Å². The van der Waals surface area contributed by atoms with E-state index < -0.39 is 10.1 Å². The predicted octanol–water partition coefficient (Wildman–Crippen LogP) is 0.108. The maximum Gasteiger partial charge on any atom is 0.299 e. The molecule has 0 aromatic heterocycles. The number of nitrogens with two attached hydrogens (primary N) is 1. The van der Waals surface area contributed by atoms with Gasteiger partial charge in [-0.15, -0.1) is 0 Å². The predicted molar refractivity (Wildman–Crippen MR) is 85.4 cm³/mol. The summed E-state index contributed by atoms with van der Waals surface area (Å²) in [7, 11) is -3.78. The second-order valence-corrected chi connectivity index (χ2v) is 6.72. The van der Waals surface area contributed by atoms with E-state index in [1.807, 2.05) is 4.90 Å². The molecule has 1 aliphatic heterocycles. The summed E-state index contributed by atoms with van der Waals surface area (Å²) in [6.45, 7) is 5.39. The van der Waals surface area contributed by atoms with E-state index in [0.717, 1.165) is 13.1 Å². The quantitative estimate of drug-likeness (QED) is 0.565. The standard InChI is InChI=1S/C14H23N3O4S/c1-2-21-22(19,20)14-4-3-12(15)11-13(14)17-7-5-16(6-8-17)9-10-18/h3-4,11,18H,2,5-10,15H2,1H3. The highest BCUT2D eigenvalue weighted by Gasteiger charge is 2.25. The van der Waals surface area contributed by atoms with Crippen molar-refractivity contribution in [2.45, 2.75) is 11.8 Å². The van der Waals surface area contributed by atoms with Gasteiger partial charge in [0.25, 0.3) is 10.1 Å². The Labute approximate surface area is 131 Å². The third-order valence-electron chi connectivity index (χ3n) is 3.65. The van der Waals surface area contributed by atoms with Gasteiger partial charge in [-0.25, -0.2) is 0 Å². The van der Waals surface area contributed by atoms with E-state index in [0.29, 0.717) is 31.0 Å². The number of hydrogen-bond acceptors (Lipinski definition) is 7. The lowest BCUT2D eigenvalue weighted by Crippen LogP contribution is -2.47. The van der Waals surface area contributed by atoms with Gasteiger partial charge in [0.2, 0.25) is 0 Å². The molecule has 2 rings (SSSR count). The molecule has 0 spiro atoms. The number of anilines is 2. The van der Waals surface area contributed by atoms with Crippen molar-refractivity contribution in [3.8, 4) is 0 Å². The van der Waals surface area contributed by atoms with Crippen LogP contribution in [0.1, 0.15) is 6.92 Å². The van der Waals surface area contributed by atoms with Gasteiger partial charge in [0.05, 0.1) is 18.9 Å². The summed E-state index contributed by atoms with van der Waals surface area (Å²) in [5, 5.41) is 8.98. The molecule has 0 aliphatic carbocycles. The van der Waals surface area contributed by atoms with Gasteiger partial charge in [-0.1, -0.05) is 0 Å². The lowest BCUT2D eigenvalue weighted by Gasteiger charge is -2.36. The van der Waals surface area contributed by atoms with Gasteiger partial charge in [0.1, 0.15) is 4.90 Å². The molecule has 124 valence electrons. The fraction of sp³-hybridized carbons (Fsp3) is 0.571. The number of aliphatic hydroxyl groups is 1. The summed E-state index contributed by atoms with van der Waals surface area (Å²) in [4.78, 5) is 4.29. The van der Waals surface area contributed by atoms with Crippen molar-refractivity contribution in [1.82, 2.24) is 4.90 Å². The third-order valence-corrected chi connectivity index (χ3v) is 5.08. The van der Waals surface area contributed by atoms with Crippen LogP contribution in [0.5, 0.6) is 0 Å². The van der Waals surface area contributed by atoms with Gasteiger partial charge < -0.3 is 15.7 Å². The fourth-order valence-corrected chi connectivity index (χ4v) is 3.68. The lowest BCUT2D eigenvalue weighted by atomic mass is 10.2. The first-order chi connectivity index (χ1) is 10.5. The normalized spacial score (nSPS) is 16.9. The molecule has 0 saturated carbocycles. The van der Waals surface area contributed by atoms with Crippen LogP contribution in [0.2, 0.25) is 0 Å². The second-order valence-electron chi connectivity index (χ2n) is 5.14. The molecule has 22 heavy (non-hydrogen) atoms. The summed E-state index contributed by atoms with van der Waals surface area (Å²) in [5.74, 6) is 0. The minimum absolute atomic E-state index is 0.0937. The van der Waals surface area contributed by atoms with E-state index in [-0.39, 0.29) is 18.1 Å². The zero-order valence-corrected chi connectivity index (χ0v) is 13.6. The average molecular weight is 329 g/mol. The molecule has 3 N–H and O–H groups in total. The van der Waals surface area contributed by atoms with E-state index in [1.165, 1.54) is 6.07 Å². The molecule has 1 aromatic carbocycles. The topological polar surface area (TPSA) is 96.1 Å². The smallest absolute Gasteiger partial charge is 0.299 e. The molecule has 7 nitrogen and oxygen atoms in total. The van der Waals surface area contributed by atoms with Crippen LogP contribution in [0.3, 0.4) is 0 Å². The molecule has 1 aliphatic rings. The number of aliphatic hydroxyl groups excluding tert-OH is 1. The van der Waals surface area contributed by atoms with Crippen molar-refractivity contribution >= 4 is 21.5 Å². The highest BCUT2D eigenvalue weighted by atomic mass is 32.2. The Kier molecular flexibility index (Phi) is 5.63. The highest BCUT2D eigenvalue weighted by molar-refractivity contribution is 7.87. The van der Waals surface area contributed by atoms with Gasteiger partial charge in [0, 0.05) is 38.4 Å². The largest absolute Gasteiger partial charge is 0.399 e. The van der Waals surface area contributed by atoms with Gasteiger partial charge in [-0.2, -0.15) is 8.42 Å². The van der Waals surface area contributed by atoms with Gasteiger partial charge in [-0.3, -0.25) is 9.08 Å². The molecule has 0 atom stereocenters. The first-order valence-corrected chi connectivity index (χ1v) is 8.76. The van der Waals surface area contributed by atoms with E-state index in [1.54, 1.807) is 19.1 Å². The van der Waals surface area contributed by atoms with Crippen molar-refractivity contribution < 1.29 is 17.7 Å². The molecule has 1 fully saturated rings. The summed E-state index contributed by atoms with van der Waals surface area (Å²) < 4.78 is 29.4. The summed E-state index contributed by atoms with van der Waals surface area (Å²) in [6.07, 6.45) is 0. The van der Waals surface area contributed by atoms with Gasteiger partial charge >= 0.3 is 0 Å². The zero-order chi connectivity index (χ0) is 16.2. The Morgan fingerprint density at radius 3 is 2.55 bits per heavy atom. The SMILES string of the molecule is CCOS(=O)(=O)c1ccc(N)cc1N1CCN(CCO)CC1. The van der Waals surface area contributed by atoms with Crippen LogP contribution >= 0.6 is 0 Å². The number of hydrogen-bond donors (Lipinski definition) is 2. The molecular weight excluding hydrogens is 306 g/mol. The van der Waals surface area contributed by atoms with Crippen molar-refractivity contribution in [3.63, 3.8) is 0 Å². The summed E-state index contributed by atoms with van der Waals surface area (Å²) in [5.41, 5.74) is 6.92. The molecule has 0 radical (unpaired) electrons. The van der Waals surface area contributed by atoms with E-state index >= 15 is 0 Å². The van der Waals surface area contributed by atoms with Crippen molar-refractivity contribution in [1.29, 1.82) is 0 Å². The minimum atomic E-state index is -3.78. The summed E-state index contributed by atoms with van der Waals surface area (Å²) >= 11 is 0. The minimum Gasteiger partial charge on any atom is -0.399 e. The van der Waals surface area contributed by atoms with Crippen LogP contribution in [-0.4, -0.2) is 64.4 Å². The fourth-order valence-electron chi connectivity index (χ4n) is 2.57. The Morgan fingerprint density at radius 2 is 1.95 bits per heavy atom. The first kappa shape index (κ1) is 17.0. The molecule has 1 saturated heterocycles. The second kappa shape index (κ2) is 7.28. The lowest BCUT2D eigenvalue weighted by molar-refractivity contribution is 0.188. The maximum absolute atomic E-state index is 12.2. The Morgan fingerprint density at radius 1 is 1.27 bits per heavy atom. The monoisotopic (exact) mass is 329 g/mol. The molecule has 8 heteroatoms. The zero-order valence-electron chi connectivity index (χ0n) is 12.7. The van der Waals surface area contributed by atoms with E-state index in [4.69, 9.17) is 15.0 Å². The number of benzene rings is 1. The molecule has 0 amide bonds. The maximum atomic E-state index is 12.2. The van der Waals surface area contributed by atoms with Crippen LogP contribution in [-0.2, 0) is 14.3 Å². The van der Waals surface area contributed by atoms with Crippen molar-refractivity contribution in [2.75, 3.05) is 56.6 Å². The molecule has 1 aromatic rings. The van der Waals surface area contributed by atoms with Gasteiger partial charge in [0.15, 0.2) is 0 Å². The number of nitrogen functional groups attached to an aromatic ring is 1. The Bertz CT molecular complexity index is 598. The van der Waals surface area contributed by atoms with Gasteiger partial charge in [-0.05, 0) is 25.1 Å². The van der Waals surface area contributed by atoms with E-state index in [2.05, 4.69) is 4.90 Å².